The molecule has 0 saturated heterocycles. The number of primary amides is 1. The molecular formula is C19H17F3N6O2. The number of urea groups is 1. The molecule has 0 atom stereocenters. The van der Waals surface area contributed by atoms with E-state index >= 15 is 0 Å². The SMILES string of the molecule is N#Cc1c(C(N)=O)c2n(c1C1CC1)CCN(C(=O)Nc1ccc(C(F)(F)F)nc1)C2. The maximum atomic E-state index is 12.6. The minimum atomic E-state index is -4.57. The van der Waals surface area contributed by atoms with Crippen LogP contribution < -0.4 is 11.1 Å². The molecule has 3 amide bonds. The number of pyridine rings is 1. The summed E-state index contributed by atoms with van der Waals surface area (Å²) in [6, 6.07) is 3.43. The second kappa shape index (κ2) is 7.05. The van der Waals surface area contributed by atoms with Gasteiger partial charge in [0, 0.05) is 24.7 Å². The molecule has 2 aromatic rings. The van der Waals surface area contributed by atoms with Crippen LogP contribution in [0.4, 0.5) is 23.7 Å². The number of carbonyl (C=O) groups excluding carboxylic acids is 2. The number of aromatic nitrogens is 2. The lowest BCUT2D eigenvalue weighted by atomic mass is 10.1. The molecule has 2 aliphatic rings. The Kier molecular flexibility index (Phi) is 4.64. The number of nitriles is 1. The van der Waals surface area contributed by atoms with Gasteiger partial charge in [-0.3, -0.25) is 4.79 Å². The van der Waals surface area contributed by atoms with E-state index in [9.17, 15) is 28.0 Å². The number of rotatable bonds is 3. The molecule has 0 unspecified atom stereocenters. The van der Waals surface area contributed by atoms with Gasteiger partial charge in [0.05, 0.1) is 35.2 Å². The van der Waals surface area contributed by atoms with Crippen LogP contribution in [-0.4, -0.2) is 32.9 Å². The molecule has 0 aromatic carbocycles. The molecule has 0 spiro atoms. The Balaban J connectivity index is 1.56. The third-order valence-electron chi connectivity index (χ3n) is 5.26. The Labute approximate surface area is 169 Å². The van der Waals surface area contributed by atoms with Crippen molar-refractivity contribution in [1.29, 1.82) is 5.26 Å². The van der Waals surface area contributed by atoms with Crippen LogP contribution in [0.25, 0.3) is 0 Å². The zero-order chi connectivity index (χ0) is 21.6. The van der Waals surface area contributed by atoms with Gasteiger partial charge in [0.2, 0.25) is 0 Å². The van der Waals surface area contributed by atoms with E-state index in [0.717, 1.165) is 36.9 Å². The third kappa shape index (κ3) is 3.45. The first-order valence-electron chi connectivity index (χ1n) is 9.25. The van der Waals surface area contributed by atoms with Crippen LogP contribution in [0.15, 0.2) is 18.3 Å². The van der Waals surface area contributed by atoms with Crippen LogP contribution in [0.2, 0.25) is 0 Å². The average Bonchev–Trinajstić information content (AvgIpc) is 3.47. The summed E-state index contributed by atoms with van der Waals surface area (Å²) in [5.74, 6) is -0.513. The predicted molar refractivity (Wildman–Crippen MR) is 98.3 cm³/mol. The topological polar surface area (TPSA) is 117 Å². The van der Waals surface area contributed by atoms with Gasteiger partial charge in [0.1, 0.15) is 11.8 Å². The van der Waals surface area contributed by atoms with Gasteiger partial charge in [0.15, 0.2) is 0 Å². The monoisotopic (exact) mass is 418 g/mol. The van der Waals surface area contributed by atoms with Crippen LogP contribution >= 0.6 is 0 Å². The van der Waals surface area contributed by atoms with Crippen molar-refractivity contribution in [1.82, 2.24) is 14.5 Å². The van der Waals surface area contributed by atoms with Crippen LogP contribution in [-0.2, 0) is 19.3 Å². The number of amides is 3. The summed E-state index contributed by atoms with van der Waals surface area (Å²) in [4.78, 5) is 29.4. The Morgan fingerprint density at radius 2 is 2.00 bits per heavy atom. The fraction of sp³-hybridized carbons (Fsp3) is 0.368. The van der Waals surface area contributed by atoms with E-state index in [1.54, 1.807) is 0 Å². The lowest BCUT2D eigenvalue weighted by Gasteiger charge is -2.30. The van der Waals surface area contributed by atoms with E-state index in [1.807, 2.05) is 4.57 Å². The number of hydrogen-bond donors (Lipinski definition) is 2. The fourth-order valence-electron chi connectivity index (χ4n) is 3.76. The quantitative estimate of drug-likeness (QED) is 0.797. The molecule has 3 N–H and O–H groups in total. The van der Waals surface area contributed by atoms with Crippen LogP contribution in [0.1, 0.15) is 51.8 Å². The highest BCUT2D eigenvalue weighted by Crippen LogP contribution is 2.44. The number of halogens is 3. The normalized spacial score (nSPS) is 16.0. The minimum absolute atomic E-state index is 0.0551. The summed E-state index contributed by atoms with van der Waals surface area (Å²) in [5, 5.41) is 12.1. The highest BCUT2D eigenvalue weighted by molar-refractivity contribution is 5.98. The molecule has 11 heteroatoms. The molecule has 0 radical (unpaired) electrons. The number of nitrogens with one attached hydrogen (secondary N) is 1. The van der Waals surface area contributed by atoms with Crippen LogP contribution in [0.5, 0.6) is 0 Å². The zero-order valence-corrected chi connectivity index (χ0v) is 15.7. The first kappa shape index (κ1) is 19.8. The minimum Gasteiger partial charge on any atom is -0.366 e. The Hall–Kier alpha value is -3.55. The van der Waals surface area contributed by atoms with Gasteiger partial charge in [-0.25, -0.2) is 9.78 Å². The smallest absolute Gasteiger partial charge is 0.366 e. The number of alkyl halides is 3. The van der Waals surface area contributed by atoms with Crippen LogP contribution in [0.3, 0.4) is 0 Å². The molecule has 1 aliphatic carbocycles. The van der Waals surface area contributed by atoms with Crippen molar-refractivity contribution in [2.75, 3.05) is 11.9 Å². The number of nitrogens with zero attached hydrogens (tertiary/aromatic N) is 4. The molecule has 1 fully saturated rings. The van der Waals surface area contributed by atoms with Crippen molar-refractivity contribution < 1.29 is 22.8 Å². The largest absolute Gasteiger partial charge is 0.433 e. The molecule has 1 aliphatic heterocycles. The van der Waals surface area contributed by atoms with Crippen LogP contribution in [0, 0.1) is 11.3 Å². The second-order valence-electron chi connectivity index (χ2n) is 7.27. The van der Waals surface area contributed by atoms with Gasteiger partial charge < -0.3 is 20.5 Å². The zero-order valence-electron chi connectivity index (χ0n) is 15.7. The first-order valence-corrected chi connectivity index (χ1v) is 9.25. The maximum Gasteiger partial charge on any atom is 0.433 e. The number of anilines is 1. The van der Waals surface area contributed by atoms with Crippen molar-refractivity contribution in [3.8, 4) is 6.07 Å². The number of fused-ring (bicyclic) bond motifs is 1. The lowest BCUT2D eigenvalue weighted by molar-refractivity contribution is -0.141. The molecule has 1 saturated carbocycles. The summed E-state index contributed by atoms with van der Waals surface area (Å²) in [6.07, 6.45) is -1.77. The summed E-state index contributed by atoms with van der Waals surface area (Å²) in [7, 11) is 0. The molecule has 4 rings (SSSR count). The van der Waals surface area contributed by atoms with Crippen molar-refractivity contribution in [2.45, 2.75) is 38.0 Å². The molecule has 156 valence electrons. The summed E-state index contributed by atoms with van der Waals surface area (Å²) < 4.78 is 39.8. The molecule has 0 bridgehead atoms. The highest BCUT2D eigenvalue weighted by Gasteiger charge is 2.38. The summed E-state index contributed by atoms with van der Waals surface area (Å²) in [6.45, 7) is 0.756. The molecule has 3 heterocycles. The van der Waals surface area contributed by atoms with Gasteiger partial charge in [-0.05, 0) is 25.0 Å². The molecule has 2 aromatic heterocycles. The van der Waals surface area contributed by atoms with E-state index in [-0.39, 0.29) is 29.3 Å². The Morgan fingerprint density at radius 3 is 2.53 bits per heavy atom. The number of hydrogen-bond acceptors (Lipinski definition) is 4. The van der Waals surface area contributed by atoms with Gasteiger partial charge >= 0.3 is 12.2 Å². The van der Waals surface area contributed by atoms with Crippen molar-refractivity contribution in [3.05, 3.63) is 46.5 Å². The number of carbonyl (C=O) groups is 2. The highest BCUT2D eigenvalue weighted by atomic mass is 19.4. The fourth-order valence-corrected chi connectivity index (χ4v) is 3.76. The standard InChI is InChI=1S/C19H17F3N6O2/c20-19(21,22)14-4-3-11(8-25-14)26-18(30)27-5-6-28-13(9-27)15(17(24)29)12(7-23)16(28)10-1-2-10/h3-4,8,10H,1-2,5-6,9H2,(H2,24,29)(H,26,30). The first-order chi connectivity index (χ1) is 14.2. The molecule has 8 nitrogen and oxygen atoms in total. The molecular weight excluding hydrogens is 401 g/mol. The van der Waals surface area contributed by atoms with Crippen molar-refractivity contribution in [3.63, 3.8) is 0 Å². The number of nitrogens with two attached hydrogens (primary N) is 1. The molecule has 30 heavy (non-hydrogen) atoms. The second-order valence-corrected chi connectivity index (χ2v) is 7.27. The van der Waals surface area contributed by atoms with E-state index in [0.29, 0.717) is 18.8 Å². The summed E-state index contributed by atoms with van der Waals surface area (Å²) in [5.41, 5.74) is 6.29. The Morgan fingerprint density at radius 1 is 1.27 bits per heavy atom. The lowest BCUT2D eigenvalue weighted by Crippen LogP contribution is -2.41. The van der Waals surface area contributed by atoms with E-state index in [1.165, 1.54) is 4.90 Å². The van der Waals surface area contributed by atoms with Gasteiger partial charge in [0.25, 0.3) is 5.91 Å². The van der Waals surface area contributed by atoms with E-state index < -0.39 is 23.8 Å². The van der Waals surface area contributed by atoms with E-state index in [2.05, 4.69) is 16.4 Å². The summed E-state index contributed by atoms with van der Waals surface area (Å²) >= 11 is 0. The average molecular weight is 418 g/mol. The predicted octanol–water partition coefficient (Wildman–Crippen LogP) is 2.80. The van der Waals surface area contributed by atoms with Crippen molar-refractivity contribution >= 4 is 17.6 Å². The Bertz CT molecular complexity index is 1060. The van der Waals surface area contributed by atoms with Crippen molar-refractivity contribution in [2.24, 2.45) is 5.73 Å². The third-order valence-corrected chi connectivity index (χ3v) is 5.26. The maximum absolute atomic E-state index is 12.6. The van der Waals surface area contributed by atoms with E-state index in [4.69, 9.17) is 5.73 Å². The van der Waals surface area contributed by atoms with Gasteiger partial charge in [-0.2, -0.15) is 18.4 Å². The van der Waals surface area contributed by atoms with Gasteiger partial charge in [-0.1, -0.05) is 0 Å². The van der Waals surface area contributed by atoms with Gasteiger partial charge in [-0.15, -0.1) is 0 Å².